The van der Waals surface area contributed by atoms with Gasteiger partial charge in [-0.15, -0.1) is 0 Å². The number of sulfonamides is 2. The number of nitrogens with two attached hydrogens (primary N) is 1. The van der Waals surface area contributed by atoms with Crippen LogP contribution in [0.4, 0.5) is 71.4 Å². The predicted octanol–water partition coefficient (Wildman–Crippen LogP) is 6.11. The van der Waals surface area contributed by atoms with Gasteiger partial charge in [0.15, 0.2) is 56.3 Å². The van der Waals surface area contributed by atoms with Crippen LogP contribution in [0, 0.1) is 58.2 Å². The zero-order valence-corrected chi connectivity index (χ0v) is 28.3. The number of amides is 2. The minimum Gasteiger partial charge on any atom is -0.495 e. The predicted molar refractivity (Wildman–Crippen MR) is 167 cm³/mol. The van der Waals surface area contributed by atoms with Crippen molar-refractivity contribution in [1.82, 2.24) is 5.32 Å². The summed E-state index contributed by atoms with van der Waals surface area (Å²) in [5.41, 5.74) is 4.88. The van der Waals surface area contributed by atoms with Crippen molar-refractivity contribution in [2.24, 2.45) is 0 Å². The van der Waals surface area contributed by atoms with Crippen LogP contribution in [0.2, 0.25) is 0 Å². The van der Waals surface area contributed by atoms with Gasteiger partial charge in [0.05, 0.1) is 37.0 Å². The molecule has 4 aromatic carbocycles. The van der Waals surface area contributed by atoms with Crippen molar-refractivity contribution in [1.29, 1.82) is 0 Å². The minimum atomic E-state index is -5.23. The minimum absolute atomic E-state index is 0.0184. The van der Waals surface area contributed by atoms with Gasteiger partial charge in [-0.3, -0.25) is 9.44 Å². The molecule has 0 aromatic heterocycles. The first-order valence-corrected chi connectivity index (χ1v) is 16.8. The van der Waals surface area contributed by atoms with E-state index in [1.54, 1.807) is 16.4 Å². The Labute approximate surface area is 293 Å². The largest absolute Gasteiger partial charge is 0.495 e. The Morgan fingerprint density at radius 2 is 0.962 bits per heavy atom. The highest BCUT2D eigenvalue weighted by molar-refractivity contribution is 7.93. The molecule has 0 unspecified atom stereocenters. The number of anilines is 4. The Morgan fingerprint density at radius 1 is 0.604 bits per heavy atom. The third-order valence-corrected chi connectivity index (χ3v) is 9.20. The highest BCUT2D eigenvalue weighted by Crippen LogP contribution is 2.33. The zero-order valence-electron chi connectivity index (χ0n) is 26.7. The highest BCUT2D eigenvalue weighted by Gasteiger charge is 2.35. The van der Waals surface area contributed by atoms with Crippen molar-refractivity contribution in [3.8, 4) is 11.5 Å². The molecule has 0 atom stereocenters. The monoisotopic (exact) mass is 807 g/mol. The van der Waals surface area contributed by atoms with Crippen molar-refractivity contribution in [3.63, 3.8) is 0 Å². The average Bonchev–Trinajstić information content (AvgIpc) is 3.08. The molecule has 0 radical (unpaired) electrons. The van der Waals surface area contributed by atoms with Gasteiger partial charge in [-0.05, 0) is 43.3 Å². The van der Waals surface area contributed by atoms with Gasteiger partial charge in [0.1, 0.15) is 11.5 Å². The number of hydrogen-bond donors (Lipinski definition) is 5. The van der Waals surface area contributed by atoms with Crippen molar-refractivity contribution in [3.05, 3.63) is 94.6 Å². The lowest BCUT2D eigenvalue weighted by Gasteiger charge is -2.14. The molecular formula is C29H23F10N5O7S2. The van der Waals surface area contributed by atoms with Gasteiger partial charge in [-0.25, -0.2) is 65.5 Å². The first-order chi connectivity index (χ1) is 24.6. The fraction of sp³-hybridized carbons (Fsp3) is 0.138. The molecule has 2 amide bonds. The van der Waals surface area contributed by atoms with Gasteiger partial charge < -0.3 is 25.8 Å². The highest BCUT2D eigenvalue weighted by atomic mass is 32.2. The van der Waals surface area contributed by atoms with Crippen LogP contribution in [0.1, 0.15) is 6.92 Å². The van der Waals surface area contributed by atoms with Gasteiger partial charge in [-0.1, -0.05) is 0 Å². The van der Waals surface area contributed by atoms with Gasteiger partial charge in [0.2, 0.25) is 11.6 Å². The Kier molecular flexibility index (Phi) is 12.9. The summed E-state index contributed by atoms with van der Waals surface area (Å²) >= 11 is 0. The van der Waals surface area contributed by atoms with Gasteiger partial charge >= 0.3 is 6.03 Å². The lowest BCUT2D eigenvalue weighted by Crippen LogP contribution is -2.28. The van der Waals surface area contributed by atoms with E-state index in [1.807, 2.05) is 0 Å². The number of rotatable bonds is 10. The SMILES string of the molecule is CCNC(=O)Nc1cc(NS(=O)(=O)c2c(F)c(F)c(F)c(F)c2F)ccc1OC.COc1ccc(NS(=O)(=O)c2c(F)c(F)c(F)c(F)c2F)cc1N. The van der Waals surface area contributed by atoms with E-state index in [0.717, 1.165) is 24.3 Å². The Bertz CT molecular complexity index is 2240. The van der Waals surface area contributed by atoms with E-state index in [2.05, 4.69) is 10.6 Å². The molecule has 0 aliphatic rings. The van der Waals surface area contributed by atoms with E-state index >= 15 is 0 Å². The molecule has 0 fully saturated rings. The summed E-state index contributed by atoms with van der Waals surface area (Å²) in [7, 11) is -7.79. The number of urea groups is 1. The summed E-state index contributed by atoms with van der Waals surface area (Å²) in [6.07, 6.45) is 0. The van der Waals surface area contributed by atoms with Crippen molar-refractivity contribution >= 4 is 48.8 Å². The second-order valence-electron chi connectivity index (χ2n) is 9.87. The molecule has 4 rings (SSSR count). The Morgan fingerprint density at radius 3 is 1.32 bits per heavy atom. The van der Waals surface area contributed by atoms with Crippen molar-refractivity contribution < 1.29 is 75.0 Å². The summed E-state index contributed by atoms with van der Waals surface area (Å²) < 4.78 is 196. The van der Waals surface area contributed by atoms with Crippen LogP contribution in [-0.2, 0) is 20.0 Å². The number of nitrogens with one attached hydrogen (secondary N) is 4. The van der Waals surface area contributed by atoms with Gasteiger partial charge in [0, 0.05) is 6.54 Å². The number of halogens is 10. The smallest absolute Gasteiger partial charge is 0.319 e. The molecule has 12 nitrogen and oxygen atoms in total. The summed E-state index contributed by atoms with van der Waals surface area (Å²) in [6, 6.07) is 6.07. The summed E-state index contributed by atoms with van der Waals surface area (Å²) in [4.78, 5) is 7.63. The number of methoxy groups -OCH3 is 2. The fourth-order valence-corrected chi connectivity index (χ4v) is 6.43. The maximum absolute atomic E-state index is 13.8. The van der Waals surface area contributed by atoms with E-state index in [1.165, 1.54) is 26.4 Å². The second kappa shape index (κ2) is 16.4. The molecule has 288 valence electrons. The number of hydrogen-bond acceptors (Lipinski definition) is 8. The van der Waals surface area contributed by atoms with Gasteiger partial charge in [0.25, 0.3) is 20.0 Å². The zero-order chi connectivity index (χ0) is 40.2. The molecule has 53 heavy (non-hydrogen) atoms. The van der Waals surface area contributed by atoms with Crippen LogP contribution in [-0.4, -0.2) is 43.6 Å². The van der Waals surface area contributed by atoms with Crippen molar-refractivity contribution in [2.45, 2.75) is 16.7 Å². The Hall–Kier alpha value is -5.65. The topological polar surface area (TPSA) is 178 Å². The maximum atomic E-state index is 13.8. The van der Waals surface area contributed by atoms with E-state index in [9.17, 15) is 65.5 Å². The van der Waals surface area contributed by atoms with Crippen LogP contribution >= 0.6 is 0 Å². The molecule has 0 spiro atoms. The second-order valence-corrected chi connectivity index (χ2v) is 13.1. The lowest BCUT2D eigenvalue weighted by molar-refractivity contribution is 0.252. The molecule has 0 aliphatic carbocycles. The first-order valence-electron chi connectivity index (χ1n) is 13.9. The summed E-state index contributed by atoms with van der Waals surface area (Å²) in [5.74, 6) is -24.2. The number of benzene rings is 4. The fourth-order valence-electron chi connectivity index (χ4n) is 4.05. The molecule has 0 heterocycles. The number of carbonyl (C=O) groups is 1. The standard InChI is InChI=1S/C16H14F5N3O4S.C13H9F5N2O3S/c1-3-22-16(25)23-8-6-7(4-5-9(8)28-2)24-29(26,27)15-13(20)11(18)10(17)12(19)14(15)21;1-23-7-3-2-5(4-6(7)19)20-24(21,22)13-11(17)9(15)8(14)10(16)12(13)18/h4-6,24H,3H2,1-2H3,(H2,22,23,25);2-4,20H,19H2,1H3. The van der Waals surface area contributed by atoms with E-state index in [0.29, 0.717) is 0 Å². The average molecular weight is 808 g/mol. The molecule has 0 aliphatic heterocycles. The number of nitrogen functional groups attached to an aromatic ring is 1. The van der Waals surface area contributed by atoms with Crippen LogP contribution in [0.5, 0.6) is 11.5 Å². The van der Waals surface area contributed by atoms with E-state index < -0.39 is 94.0 Å². The van der Waals surface area contributed by atoms with Crippen LogP contribution in [0.3, 0.4) is 0 Å². The van der Waals surface area contributed by atoms with Crippen LogP contribution in [0.25, 0.3) is 0 Å². The molecule has 0 bridgehead atoms. The summed E-state index contributed by atoms with van der Waals surface area (Å²) in [6.45, 7) is 1.92. The lowest BCUT2D eigenvalue weighted by atomic mass is 10.2. The maximum Gasteiger partial charge on any atom is 0.319 e. The number of ether oxygens (including phenoxy) is 2. The number of carbonyl (C=O) groups excluding carboxylic acids is 1. The third-order valence-electron chi connectivity index (χ3n) is 6.40. The molecular weight excluding hydrogens is 784 g/mol. The molecule has 6 N–H and O–H groups in total. The van der Waals surface area contributed by atoms with Crippen LogP contribution in [0.15, 0.2) is 46.2 Å². The van der Waals surface area contributed by atoms with E-state index in [-0.39, 0.29) is 40.8 Å². The Balaban J connectivity index is 0.000000290. The molecule has 0 saturated carbocycles. The quantitative estimate of drug-likeness (QED) is 0.0552. The van der Waals surface area contributed by atoms with Crippen molar-refractivity contribution in [2.75, 3.05) is 41.3 Å². The third kappa shape index (κ3) is 8.88. The molecule has 24 heteroatoms. The molecule has 4 aromatic rings. The van der Waals surface area contributed by atoms with Gasteiger partial charge in [-0.2, -0.15) is 0 Å². The first kappa shape index (κ1) is 41.8. The summed E-state index contributed by atoms with van der Waals surface area (Å²) in [5, 5.41) is 4.76. The van der Waals surface area contributed by atoms with Crippen LogP contribution < -0.4 is 35.3 Å². The van der Waals surface area contributed by atoms with E-state index in [4.69, 9.17) is 15.2 Å². The molecule has 0 saturated heterocycles. The normalized spacial score (nSPS) is 11.3.